The maximum Gasteiger partial charge on any atom is 0.405 e. The summed E-state index contributed by atoms with van der Waals surface area (Å²) in [6.07, 6.45) is -1.27. The fraction of sp³-hybridized carbons (Fsp3) is 0.316. The van der Waals surface area contributed by atoms with Gasteiger partial charge < -0.3 is 19.9 Å². The maximum atomic E-state index is 11.3. The lowest BCUT2D eigenvalue weighted by molar-refractivity contribution is -0.0176. The highest BCUT2D eigenvalue weighted by molar-refractivity contribution is 6.34. The van der Waals surface area contributed by atoms with Crippen molar-refractivity contribution < 1.29 is 19.0 Å². The standard InChI is InChI=1S/C19H20ClNO4/c1-19(2)10-24-15-9-11(7-8-13(15)17(19)25-18(21)22)12-5-4-6-14(23-3)16(12)20/h4-9,17H,10H2,1-3H3,(H2,21,22). The van der Waals surface area contributed by atoms with Crippen LogP contribution < -0.4 is 15.2 Å². The van der Waals surface area contributed by atoms with Crippen molar-refractivity contribution in [3.63, 3.8) is 0 Å². The van der Waals surface area contributed by atoms with Crippen molar-refractivity contribution in [1.29, 1.82) is 0 Å². The summed E-state index contributed by atoms with van der Waals surface area (Å²) in [5.41, 5.74) is 7.38. The number of fused-ring (bicyclic) bond motifs is 1. The smallest absolute Gasteiger partial charge is 0.405 e. The molecule has 0 spiro atoms. The Morgan fingerprint density at radius 1 is 1.32 bits per heavy atom. The van der Waals surface area contributed by atoms with E-state index in [0.29, 0.717) is 23.1 Å². The van der Waals surface area contributed by atoms with Gasteiger partial charge in [0.15, 0.2) is 0 Å². The SMILES string of the molecule is COc1cccc(-c2ccc3c(c2)OCC(C)(C)C3OC(N)=O)c1Cl. The minimum atomic E-state index is -0.800. The molecule has 0 saturated heterocycles. The number of amides is 1. The predicted molar refractivity (Wildman–Crippen MR) is 96.1 cm³/mol. The Kier molecular flexibility index (Phi) is 4.52. The highest BCUT2D eigenvalue weighted by atomic mass is 35.5. The van der Waals surface area contributed by atoms with Crippen LogP contribution in [0.15, 0.2) is 36.4 Å². The molecule has 1 aliphatic heterocycles. The Labute approximate surface area is 151 Å². The van der Waals surface area contributed by atoms with E-state index in [2.05, 4.69) is 0 Å². The van der Waals surface area contributed by atoms with Crippen LogP contribution in [0.25, 0.3) is 11.1 Å². The summed E-state index contributed by atoms with van der Waals surface area (Å²) in [6, 6.07) is 11.3. The summed E-state index contributed by atoms with van der Waals surface area (Å²) in [7, 11) is 1.58. The summed E-state index contributed by atoms with van der Waals surface area (Å²) >= 11 is 6.42. The van der Waals surface area contributed by atoms with Gasteiger partial charge in [-0.2, -0.15) is 0 Å². The van der Waals surface area contributed by atoms with Gasteiger partial charge in [0.2, 0.25) is 0 Å². The lowest BCUT2D eigenvalue weighted by atomic mass is 9.80. The summed E-state index contributed by atoms with van der Waals surface area (Å²) in [5, 5.41) is 0.533. The predicted octanol–water partition coefficient (Wildman–Crippen LogP) is 4.57. The van der Waals surface area contributed by atoms with Crippen molar-refractivity contribution in [2.45, 2.75) is 20.0 Å². The maximum absolute atomic E-state index is 11.3. The van der Waals surface area contributed by atoms with Crippen LogP contribution in [-0.4, -0.2) is 19.8 Å². The third-order valence-corrected chi connectivity index (χ3v) is 4.72. The van der Waals surface area contributed by atoms with Crippen molar-refractivity contribution in [3.8, 4) is 22.6 Å². The van der Waals surface area contributed by atoms with Crippen molar-refractivity contribution in [1.82, 2.24) is 0 Å². The molecule has 0 saturated carbocycles. The molecule has 0 aromatic heterocycles. The van der Waals surface area contributed by atoms with Gasteiger partial charge in [-0.1, -0.05) is 49.7 Å². The molecule has 132 valence electrons. The van der Waals surface area contributed by atoms with E-state index in [0.717, 1.165) is 16.7 Å². The average Bonchev–Trinajstić information content (AvgIpc) is 2.57. The molecule has 2 N–H and O–H groups in total. The van der Waals surface area contributed by atoms with Crippen LogP contribution in [0.5, 0.6) is 11.5 Å². The number of nitrogens with two attached hydrogens (primary N) is 1. The Morgan fingerprint density at radius 2 is 2.08 bits per heavy atom. The number of primary amides is 1. The number of rotatable bonds is 3. The van der Waals surface area contributed by atoms with Gasteiger partial charge in [-0.3, -0.25) is 0 Å². The van der Waals surface area contributed by atoms with E-state index in [1.807, 2.05) is 44.2 Å². The van der Waals surface area contributed by atoms with Gasteiger partial charge in [-0.15, -0.1) is 0 Å². The Morgan fingerprint density at radius 3 is 2.76 bits per heavy atom. The summed E-state index contributed by atoms with van der Waals surface area (Å²) in [6.45, 7) is 4.35. The molecule has 0 bridgehead atoms. The van der Waals surface area contributed by atoms with E-state index < -0.39 is 12.2 Å². The van der Waals surface area contributed by atoms with Crippen LogP contribution in [0.4, 0.5) is 4.79 Å². The molecule has 2 aromatic carbocycles. The summed E-state index contributed by atoms with van der Waals surface area (Å²) < 4.78 is 16.5. The number of methoxy groups -OCH3 is 1. The lowest BCUT2D eigenvalue weighted by Crippen LogP contribution is -2.37. The van der Waals surface area contributed by atoms with Crippen LogP contribution in [0, 0.1) is 5.41 Å². The summed E-state index contributed by atoms with van der Waals surface area (Å²) in [4.78, 5) is 11.3. The molecular formula is C19H20ClNO4. The normalized spacial score (nSPS) is 18.0. The monoisotopic (exact) mass is 361 g/mol. The second kappa shape index (κ2) is 6.48. The third kappa shape index (κ3) is 3.24. The minimum Gasteiger partial charge on any atom is -0.495 e. The van der Waals surface area contributed by atoms with E-state index >= 15 is 0 Å². The van der Waals surface area contributed by atoms with E-state index in [-0.39, 0.29) is 5.41 Å². The summed E-state index contributed by atoms with van der Waals surface area (Å²) in [5.74, 6) is 1.26. The van der Waals surface area contributed by atoms with Gasteiger partial charge in [0, 0.05) is 16.5 Å². The van der Waals surface area contributed by atoms with Crippen LogP contribution >= 0.6 is 11.6 Å². The molecule has 2 aromatic rings. The van der Waals surface area contributed by atoms with E-state index in [4.69, 9.17) is 31.5 Å². The molecule has 0 aliphatic carbocycles. The van der Waals surface area contributed by atoms with Gasteiger partial charge in [-0.05, 0) is 17.7 Å². The van der Waals surface area contributed by atoms with E-state index in [9.17, 15) is 4.79 Å². The zero-order valence-electron chi connectivity index (χ0n) is 14.3. The van der Waals surface area contributed by atoms with Crippen molar-refractivity contribution in [2.75, 3.05) is 13.7 Å². The lowest BCUT2D eigenvalue weighted by Gasteiger charge is -2.38. The van der Waals surface area contributed by atoms with Gasteiger partial charge in [0.05, 0.1) is 18.7 Å². The molecule has 1 unspecified atom stereocenters. The first kappa shape index (κ1) is 17.4. The molecule has 1 aliphatic rings. The number of halogens is 1. The van der Waals surface area contributed by atoms with Gasteiger partial charge in [0.25, 0.3) is 0 Å². The topological polar surface area (TPSA) is 70.8 Å². The first-order valence-corrected chi connectivity index (χ1v) is 8.27. The molecule has 1 heterocycles. The molecule has 6 heteroatoms. The molecular weight excluding hydrogens is 342 g/mol. The van der Waals surface area contributed by atoms with Crippen LogP contribution in [-0.2, 0) is 4.74 Å². The highest BCUT2D eigenvalue weighted by Crippen LogP contribution is 2.47. The zero-order valence-corrected chi connectivity index (χ0v) is 15.1. The Bertz CT molecular complexity index is 819. The number of hydrogen-bond acceptors (Lipinski definition) is 4. The molecule has 1 amide bonds. The van der Waals surface area contributed by atoms with Crippen molar-refractivity contribution in [3.05, 3.63) is 47.0 Å². The largest absolute Gasteiger partial charge is 0.495 e. The number of hydrogen-bond donors (Lipinski definition) is 1. The first-order valence-electron chi connectivity index (χ1n) is 7.89. The second-order valence-corrected chi connectivity index (χ2v) is 7.05. The fourth-order valence-electron chi connectivity index (χ4n) is 3.03. The van der Waals surface area contributed by atoms with E-state index in [1.54, 1.807) is 13.2 Å². The highest BCUT2D eigenvalue weighted by Gasteiger charge is 2.40. The van der Waals surface area contributed by atoms with Gasteiger partial charge >= 0.3 is 6.09 Å². The number of carbonyl (C=O) groups is 1. The van der Waals surface area contributed by atoms with Crippen LogP contribution in [0.3, 0.4) is 0 Å². The van der Waals surface area contributed by atoms with Crippen LogP contribution in [0.2, 0.25) is 5.02 Å². The first-order chi connectivity index (χ1) is 11.8. The molecule has 5 nitrogen and oxygen atoms in total. The third-order valence-electron chi connectivity index (χ3n) is 4.33. The van der Waals surface area contributed by atoms with Crippen molar-refractivity contribution in [2.24, 2.45) is 11.1 Å². The zero-order chi connectivity index (χ0) is 18.2. The molecule has 3 rings (SSSR count). The van der Waals surface area contributed by atoms with Gasteiger partial charge in [-0.25, -0.2) is 4.79 Å². The second-order valence-electron chi connectivity index (χ2n) is 6.67. The Hall–Kier alpha value is -2.40. The van der Waals surface area contributed by atoms with Gasteiger partial charge in [0.1, 0.15) is 17.6 Å². The average molecular weight is 362 g/mol. The number of ether oxygens (including phenoxy) is 3. The molecule has 0 radical (unpaired) electrons. The molecule has 0 fully saturated rings. The van der Waals surface area contributed by atoms with E-state index in [1.165, 1.54) is 0 Å². The Balaban J connectivity index is 2.05. The van der Waals surface area contributed by atoms with Crippen LogP contribution in [0.1, 0.15) is 25.5 Å². The fourth-order valence-corrected chi connectivity index (χ4v) is 3.35. The minimum absolute atomic E-state index is 0.378. The number of benzene rings is 2. The van der Waals surface area contributed by atoms with Crippen molar-refractivity contribution >= 4 is 17.7 Å². The molecule has 1 atom stereocenters. The molecule has 25 heavy (non-hydrogen) atoms. The number of carbonyl (C=O) groups excluding carboxylic acids is 1. The quantitative estimate of drug-likeness (QED) is 0.869.